The Bertz CT molecular complexity index is 1840. The number of amides is 3. The molecule has 1 aromatic heterocycles. The molecule has 0 aliphatic rings. The van der Waals surface area contributed by atoms with Gasteiger partial charge < -0.3 is 20.7 Å². The Balaban J connectivity index is 1.21. The number of carbonyl (C=O) groups excluding carboxylic acids is 3. The van der Waals surface area contributed by atoms with Crippen LogP contribution in [0, 0.1) is 6.92 Å². The van der Waals surface area contributed by atoms with E-state index in [1.165, 1.54) is 28.7 Å². The molecule has 0 saturated carbocycles. The Kier molecular flexibility index (Phi) is 10.6. The Labute approximate surface area is 275 Å². The van der Waals surface area contributed by atoms with Gasteiger partial charge in [-0.1, -0.05) is 60.2 Å². The molecule has 232 valence electrons. The second-order valence-electron chi connectivity index (χ2n) is 10.3. The fraction of sp³-hybridized carbons (Fsp3) is 0.111. The predicted molar refractivity (Wildman–Crippen MR) is 186 cm³/mol. The largest absolute Gasteiger partial charge is 0.497 e. The first-order chi connectivity index (χ1) is 22.3. The molecule has 8 nitrogen and oxygen atoms in total. The van der Waals surface area contributed by atoms with E-state index in [0.717, 1.165) is 16.2 Å². The molecular weight excluding hydrogens is 617 g/mol. The second kappa shape index (κ2) is 15.2. The average Bonchev–Trinajstić information content (AvgIpc) is 3.54. The van der Waals surface area contributed by atoms with Gasteiger partial charge in [0.05, 0.1) is 18.1 Å². The molecule has 4 aromatic carbocycles. The molecule has 0 spiro atoms. The number of benzene rings is 4. The lowest BCUT2D eigenvalue weighted by Crippen LogP contribution is -2.30. The molecular formula is C36H32N4O4S2. The molecule has 5 rings (SSSR count). The van der Waals surface area contributed by atoms with Crippen molar-refractivity contribution in [1.29, 1.82) is 0 Å². The molecule has 10 heteroatoms. The highest BCUT2D eigenvalue weighted by Gasteiger charge is 2.18. The van der Waals surface area contributed by atoms with Gasteiger partial charge in [0.1, 0.15) is 11.4 Å². The van der Waals surface area contributed by atoms with Gasteiger partial charge in [-0.3, -0.25) is 14.4 Å². The van der Waals surface area contributed by atoms with Crippen LogP contribution < -0.4 is 20.7 Å². The number of ether oxygens (including phenoxy) is 1. The van der Waals surface area contributed by atoms with Gasteiger partial charge in [-0.2, -0.15) is 0 Å². The van der Waals surface area contributed by atoms with Crippen LogP contribution in [0.5, 0.6) is 5.75 Å². The topological polar surface area (TPSA) is 109 Å². The van der Waals surface area contributed by atoms with Crippen LogP contribution in [-0.4, -0.2) is 35.1 Å². The number of aromatic nitrogens is 1. The Morgan fingerprint density at radius 3 is 2.24 bits per heavy atom. The van der Waals surface area contributed by atoms with Crippen LogP contribution in [-0.2, 0) is 9.59 Å². The number of methoxy groups -OCH3 is 1. The molecule has 0 saturated heterocycles. The molecule has 0 radical (unpaired) electrons. The summed E-state index contributed by atoms with van der Waals surface area (Å²) in [5.74, 6) is -0.369. The summed E-state index contributed by atoms with van der Waals surface area (Å²) in [7, 11) is 1.58. The normalized spacial score (nSPS) is 11.8. The van der Waals surface area contributed by atoms with Gasteiger partial charge in [0.15, 0.2) is 5.13 Å². The predicted octanol–water partition coefficient (Wildman–Crippen LogP) is 7.66. The third-order valence-corrected chi connectivity index (χ3v) is 8.70. The summed E-state index contributed by atoms with van der Waals surface area (Å²) in [5, 5.41) is 10.6. The van der Waals surface area contributed by atoms with Gasteiger partial charge in [0.2, 0.25) is 5.91 Å². The molecule has 1 unspecified atom stereocenters. The smallest absolute Gasteiger partial charge is 0.272 e. The first-order valence-corrected chi connectivity index (χ1v) is 16.2. The number of nitrogens with one attached hydrogen (secondary N) is 3. The summed E-state index contributed by atoms with van der Waals surface area (Å²) in [6, 6.07) is 31.1. The van der Waals surface area contributed by atoms with E-state index in [1.54, 1.807) is 73.8 Å². The van der Waals surface area contributed by atoms with Gasteiger partial charge in [0, 0.05) is 27.1 Å². The summed E-state index contributed by atoms with van der Waals surface area (Å²) < 4.78 is 5.22. The summed E-state index contributed by atoms with van der Waals surface area (Å²) in [5.41, 5.74) is 4.74. The second-order valence-corrected chi connectivity index (χ2v) is 12.6. The highest BCUT2D eigenvalue weighted by molar-refractivity contribution is 8.00. The lowest BCUT2D eigenvalue weighted by Gasteiger charge is -2.13. The van der Waals surface area contributed by atoms with Gasteiger partial charge in [-0.25, -0.2) is 4.98 Å². The maximum Gasteiger partial charge on any atom is 0.272 e. The van der Waals surface area contributed by atoms with E-state index in [4.69, 9.17) is 4.74 Å². The lowest BCUT2D eigenvalue weighted by molar-refractivity contribution is -0.115. The standard InChI is InChI=1S/C36H32N4O4S2/c1-23-9-13-26(14-10-23)32-22-45-36(39-32)40-33(41)24(2)46-30-19-15-28(16-20-30)37-35(43)31(21-25-11-17-29(44-3)18-12-25)38-34(42)27-7-5-4-6-8-27/h4-22,24H,1-3H3,(H,37,43)(H,38,42)(H,39,40,41)/b31-21-. The quantitative estimate of drug-likeness (QED) is 0.100. The van der Waals surface area contributed by atoms with Crippen LogP contribution in [0.4, 0.5) is 10.8 Å². The summed E-state index contributed by atoms with van der Waals surface area (Å²) in [4.78, 5) is 44.6. The number of thiazole rings is 1. The average molecular weight is 649 g/mol. The van der Waals surface area contributed by atoms with E-state index >= 15 is 0 Å². The monoisotopic (exact) mass is 648 g/mol. The highest BCUT2D eigenvalue weighted by Crippen LogP contribution is 2.28. The number of anilines is 2. The number of nitrogens with zero attached hydrogens (tertiary/aromatic N) is 1. The number of hydrogen-bond donors (Lipinski definition) is 3. The van der Waals surface area contributed by atoms with Crippen molar-refractivity contribution < 1.29 is 19.1 Å². The fourth-order valence-electron chi connectivity index (χ4n) is 4.28. The minimum Gasteiger partial charge on any atom is -0.497 e. The molecule has 3 amide bonds. The lowest BCUT2D eigenvalue weighted by atomic mass is 10.1. The van der Waals surface area contributed by atoms with Crippen LogP contribution in [0.1, 0.15) is 28.4 Å². The van der Waals surface area contributed by atoms with Crippen molar-refractivity contribution >= 4 is 57.7 Å². The Morgan fingerprint density at radius 2 is 1.57 bits per heavy atom. The molecule has 3 N–H and O–H groups in total. The van der Waals surface area contributed by atoms with Crippen molar-refractivity contribution in [3.05, 3.63) is 131 Å². The van der Waals surface area contributed by atoms with E-state index in [-0.39, 0.29) is 16.9 Å². The van der Waals surface area contributed by atoms with E-state index in [0.29, 0.717) is 27.7 Å². The van der Waals surface area contributed by atoms with Crippen LogP contribution in [0.3, 0.4) is 0 Å². The van der Waals surface area contributed by atoms with E-state index in [2.05, 4.69) is 20.9 Å². The number of aryl methyl sites for hydroxylation is 1. The fourth-order valence-corrected chi connectivity index (χ4v) is 5.87. The summed E-state index contributed by atoms with van der Waals surface area (Å²) >= 11 is 2.78. The van der Waals surface area contributed by atoms with Crippen LogP contribution in [0.15, 0.2) is 119 Å². The Morgan fingerprint density at radius 1 is 0.870 bits per heavy atom. The minimum absolute atomic E-state index is 0.0792. The summed E-state index contributed by atoms with van der Waals surface area (Å²) in [6.45, 7) is 3.86. The molecule has 1 heterocycles. The number of carbonyl (C=O) groups is 3. The Hall–Kier alpha value is -5.19. The SMILES string of the molecule is COc1ccc(/C=C(\NC(=O)c2ccccc2)C(=O)Nc2ccc(SC(C)C(=O)Nc3nc(-c4ccc(C)cc4)cs3)cc2)cc1. The van der Waals surface area contributed by atoms with E-state index < -0.39 is 11.8 Å². The summed E-state index contributed by atoms with van der Waals surface area (Å²) in [6.07, 6.45) is 1.60. The first kappa shape index (κ1) is 32.2. The minimum atomic E-state index is -0.485. The van der Waals surface area contributed by atoms with Gasteiger partial charge in [0.25, 0.3) is 11.8 Å². The molecule has 0 aliphatic carbocycles. The molecule has 0 bridgehead atoms. The van der Waals surface area contributed by atoms with Crippen molar-refractivity contribution in [1.82, 2.24) is 10.3 Å². The van der Waals surface area contributed by atoms with Gasteiger partial charge >= 0.3 is 0 Å². The van der Waals surface area contributed by atoms with Crippen molar-refractivity contribution in [3.8, 4) is 17.0 Å². The number of rotatable bonds is 11. The number of thioether (sulfide) groups is 1. The van der Waals surface area contributed by atoms with Crippen LogP contribution in [0.25, 0.3) is 17.3 Å². The third kappa shape index (κ3) is 8.71. The van der Waals surface area contributed by atoms with Gasteiger partial charge in [-0.05, 0) is 74.0 Å². The van der Waals surface area contributed by atoms with E-state index in [1.807, 2.05) is 61.7 Å². The first-order valence-electron chi connectivity index (χ1n) is 14.4. The van der Waals surface area contributed by atoms with E-state index in [9.17, 15) is 14.4 Å². The number of hydrogen-bond acceptors (Lipinski definition) is 7. The van der Waals surface area contributed by atoms with Crippen molar-refractivity contribution in [2.45, 2.75) is 24.0 Å². The maximum absolute atomic E-state index is 13.4. The molecule has 46 heavy (non-hydrogen) atoms. The van der Waals surface area contributed by atoms with Crippen molar-refractivity contribution in [3.63, 3.8) is 0 Å². The zero-order chi connectivity index (χ0) is 32.5. The zero-order valence-corrected chi connectivity index (χ0v) is 27.1. The highest BCUT2D eigenvalue weighted by atomic mass is 32.2. The van der Waals surface area contributed by atoms with Crippen LogP contribution in [0.2, 0.25) is 0 Å². The van der Waals surface area contributed by atoms with Crippen molar-refractivity contribution in [2.75, 3.05) is 17.7 Å². The molecule has 0 fully saturated rings. The zero-order valence-electron chi connectivity index (χ0n) is 25.4. The van der Waals surface area contributed by atoms with Gasteiger partial charge in [-0.15, -0.1) is 23.1 Å². The maximum atomic E-state index is 13.4. The van der Waals surface area contributed by atoms with Crippen molar-refractivity contribution in [2.24, 2.45) is 0 Å². The van der Waals surface area contributed by atoms with Crippen LogP contribution >= 0.6 is 23.1 Å². The molecule has 5 aromatic rings. The molecule has 1 atom stereocenters. The third-order valence-electron chi connectivity index (χ3n) is 6.83. The molecule has 0 aliphatic heterocycles.